The summed E-state index contributed by atoms with van der Waals surface area (Å²) in [5, 5.41) is 2.04. The summed E-state index contributed by atoms with van der Waals surface area (Å²) in [5.74, 6) is 0. The number of hydrogen-bond acceptors (Lipinski definition) is 1. The molecular weight excluding hydrogens is 231 g/mol. The van der Waals surface area contributed by atoms with Gasteiger partial charge in [-0.15, -0.1) is 23.2 Å². The summed E-state index contributed by atoms with van der Waals surface area (Å²) in [7, 11) is 0. The first-order valence-electron chi connectivity index (χ1n) is 4.48. The fourth-order valence-electron chi connectivity index (χ4n) is 1.49. The number of halogens is 2. The number of benzene rings is 2. The number of hydrogen-bond donors (Lipinski definition) is 0. The summed E-state index contributed by atoms with van der Waals surface area (Å²) in [6.45, 7) is 0. The zero-order chi connectivity index (χ0) is 10.8. The van der Waals surface area contributed by atoms with Crippen molar-refractivity contribution in [2.24, 2.45) is 0 Å². The van der Waals surface area contributed by atoms with Gasteiger partial charge in [0.15, 0.2) is 0 Å². The van der Waals surface area contributed by atoms with E-state index >= 15 is 0 Å². The van der Waals surface area contributed by atoms with Gasteiger partial charge in [0.2, 0.25) is 0 Å². The van der Waals surface area contributed by atoms with Gasteiger partial charge in [-0.3, -0.25) is 4.79 Å². The maximum absolute atomic E-state index is 10.6. The highest BCUT2D eigenvalue weighted by Crippen LogP contribution is 2.27. The molecule has 2 aromatic rings. The minimum absolute atomic E-state index is 0.533. The highest BCUT2D eigenvalue weighted by Gasteiger charge is 2.04. The van der Waals surface area contributed by atoms with Crippen LogP contribution in [0.2, 0.25) is 0 Å². The van der Waals surface area contributed by atoms with E-state index in [1.54, 1.807) is 6.07 Å². The molecule has 0 unspecified atom stereocenters. The van der Waals surface area contributed by atoms with Crippen molar-refractivity contribution in [3.05, 3.63) is 47.5 Å². The van der Waals surface area contributed by atoms with Crippen LogP contribution in [0, 0.1) is 0 Å². The van der Waals surface area contributed by atoms with Crippen molar-refractivity contribution in [1.29, 1.82) is 0 Å². The van der Waals surface area contributed by atoms with E-state index in [4.69, 9.17) is 23.2 Å². The molecule has 2 aromatic carbocycles. The van der Waals surface area contributed by atoms with Crippen LogP contribution >= 0.6 is 23.2 Å². The molecule has 0 saturated heterocycles. The van der Waals surface area contributed by atoms with Gasteiger partial charge < -0.3 is 0 Å². The van der Waals surface area contributed by atoms with Crippen LogP contribution in [0.25, 0.3) is 10.8 Å². The fraction of sp³-hybridized carbons (Fsp3) is 0.0833. The lowest BCUT2D eigenvalue weighted by Crippen LogP contribution is -1.84. The Bertz CT molecular complexity index is 506. The second kappa shape index (κ2) is 4.21. The van der Waals surface area contributed by atoms with Gasteiger partial charge in [0, 0.05) is 5.56 Å². The molecule has 0 radical (unpaired) electrons. The quantitative estimate of drug-likeness (QED) is 0.568. The summed E-state index contributed by atoms with van der Waals surface area (Å²) in [4.78, 5) is 10.1. The number of rotatable bonds is 2. The molecule has 3 heteroatoms. The first kappa shape index (κ1) is 10.5. The van der Waals surface area contributed by atoms with Crippen molar-refractivity contribution < 1.29 is 4.79 Å². The standard InChI is InChI=1S/C12H8Cl2O/c13-12(14)10-4-3-9-2-1-8(7-15)5-11(9)6-10/h1-7,12H. The van der Waals surface area contributed by atoms with Crippen LogP contribution in [0.15, 0.2) is 36.4 Å². The van der Waals surface area contributed by atoms with Crippen molar-refractivity contribution in [3.8, 4) is 0 Å². The van der Waals surface area contributed by atoms with Crippen LogP contribution in [-0.2, 0) is 0 Å². The molecule has 0 aliphatic carbocycles. The van der Waals surface area contributed by atoms with E-state index < -0.39 is 4.84 Å². The lowest BCUT2D eigenvalue weighted by molar-refractivity contribution is 0.112. The smallest absolute Gasteiger partial charge is 0.150 e. The SMILES string of the molecule is O=Cc1ccc2ccc(C(Cl)Cl)cc2c1. The molecule has 0 spiro atoms. The van der Waals surface area contributed by atoms with Gasteiger partial charge in [-0.05, 0) is 28.5 Å². The third-order valence-corrected chi connectivity index (χ3v) is 2.78. The molecule has 0 saturated carbocycles. The molecule has 0 heterocycles. The molecule has 1 nitrogen and oxygen atoms in total. The Balaban J connectivity index is 2.62. The van der Waals surface area contributed by atoms with Gasteiger partial charge in [0.1, 0.15) is 11.1 Å². The first-order chi connectivity index (χ1) is 7.20. The maximum Gasteiger partial charge on any atom is 0.150 e. The number of aldehydes is 1. The molecule has 0 aromatic heterocycles. The Kier molecular flexibility index (Phi) is 2.94. The molecule has 76 valence electrons. The largest absolute Gasteiger partial charge is 0.298 e. The van der Waals surface area contributed by atoms with Crippen LogP contribution < -0.4 is 0 Å². The molecule has 0 aliphatic rings. The monoisotopic (exact) mass is 238 g/mol. The van der Waals surface area contributed by atoms with Crippen molar-refractivity contribution in [2.45, 2.75) is 4.84 Å². The van der Waals surface area contributed by atoms with Gasteiger partial charge in [0.05, 0.1) is 0 Å². The number of carbonyl (C=O) groups excluding carboxylic acids is 1. The fourth-order valence-corrected chi connectivity index (χ4v) is 1.76. The second-order valence-electron chi connectivity index (χ2n) is 3.28. The van der Waals surface area contributed by atoms with Crippen LogP contribution in [-0.4, -0.2) is 6.29 Å². The van der Waals surface area contributed by atoms with E-state index in [0.29, 0.717) is 5.56 Å². The molecule has 0 N–H and O–H groups in total. The zero-order valence-corrected chi connectivity index (χ0v) is 9.29. The molecule has 0 bridgehead atoms. The Morgan fingerprint density at radius 2 is 1.73 bits per heavy atom. The second-order valence-corrected chi connectivity index (χ2v) is 4.38. The van der Waals surface area contributed by atoms with E-state index in [1.807, 2.05) is 30.3 Å². The van der Waals surface area contributed by atoms with Crippen molar-refractivity contribution in [2.75, 3.05) is 0 Å². The molecule has 2 rings (SSSR count). The summed E-state index contributed by atoms with van der Waals surface area (Å²) in [6.07, 6.45) is 0.824. The highest BCUT2D eigenvalue weighted by atomic mass is 35.5. The van der Waals surface area contributed by atoms with E-state index in [-0.39, 0.29) is 0 Å². The van der Waals surface area contributed by atoms with E-state index in [0.717, 1.165) is 22.6 Å². The molecule has 15 heavy (non-hydrogen) atoms. The van der Waals surface area contributed by atoms with Gasteiger partial charge in [-0.1, -0.05) is 24.3 Å². The summed E-state index contributed by atoms with van der Waals surface area (Å²) >= 11 is 11.5. The van der Waals surface area contributed by atoms with Gasteiger partial charge in [-0.2, -0.15) is 0 Å². The predicted molar refractivity (Wildman–Crippen MR) is 63.8 cm³/mol. The molecule has 0 fully saturated rings. The van der Waals surface area contributed by atoms with Crippen molar-refractivity contribution in [3.63, 3.8) is 0 Å². The van der Waals surface area contributed by atoms with E-state index in [1.165, 1.54) is 0 Å². The van der Waals surface area contributed by atoms with Gasteiger partial charge in [0.25, 0.3) is 0 Å². The molecule has 0 amide bonds. The summed E-state index contributed by atoms with van der Waals surface area (Å²) in [5.41, 5.74) is 1.49. The Morgan fingerprint density at radius 3 is 2.40 bits per heavy atom. The molecule has 0 aliphatic heterocycles. The third-order valence-electron chi connectivity index (χ3n) is 2.28. The Morgan fingerprint density at radius 1 is 1.00 bits per heavy atom. The molecular formula is C12H8Cl2O. The van der Waals surface area contributed by atoms with Crippen molar-refractivity contribution in [1.82, 2.24) is 0 Å². The highest BCUT2D eigenvalue weighted by molar-refractivity contribution is 6.44. The lowest BCUT2D eigenvalue weighted by Gasteiger charge is -2.04. The Hall–Kier alpha value is -1.05. The summed E-state index contributed by atoms with van der Waals surface area (Å²) < 4.78 is 0. The van der Waals surface area contributed by atoms with Crippen LogP contribution in [0.5, 0.6) is 0 Å². The van der Waals surface area contributed by atoms with E-state index in [2.05, 4.69) is 0 Å². The number of alkyl halides is 2. The third kappa shape index (κ3) is 2.14. The number of carbonyl (C=O) groups is 1. The van der Waals surface area contributed by atoms with Gasteiger partial charge >= 0.3 is 0 Å². The normalized spacial score (nSPS) is 10.9. The first-order valence-corrected chi connectivity index (χ1v) is 5.35. The Labute approximate surface area is 97.6 Å². The minimum atomic E-state index is -0.533. The number of fused-ring (bicyclic) bond motifs is 1. The minimum Gasteiger partial charge on any atom is -0.298 e. The maximum atomic E-state index is 10.6. The average Bonchev–Trinajstić information content (AvgIpc) is 2.27. The summed E-state index contributed by atoms with van der Waals surface area (Å²) in [6, 6.07) is 11.2. The van der Waals surface area contributed by atoms with Gasteiger partial charge in [-0.25, -0.2) is 0 Å². The lowest BCUT2D eigenvalue weighted by atomic mass is 10.1. The average molecular weight is 239 g/mol. The van der Waals surface area contributed by atoms with Crippen LogP contribution in [0.4, 0.5) is 0 Å². The van der Waals surface area contributed by atoms with Crippen molar-refractivity contribution >= 4 is 40.3 Å². The van der Waals surface area contributed by atoms with E-state index in [9.17, 15) is 4.79 Å². The van der Waals surface area contributed by atoms with Crippen LogP contribution in [0.1, 0.15) is 20.8 Å². The topological polar surface area (TPSA) is 17.1 Å². The van der Waals surface area contributed by atoms with Crippen LogP contribution in [0.3, 0.4) is 0 Å². The predicted octanol–water partition coefficient (Wildman–Crippen LogP) is 4.13. The molecule has 0 atom stereocenters. The zero-order valence-electron chi connectivity index (χ0n) is 7.78.